The molecule has 0 N–H and O–H groups in total. The van der Waals surface area contributed by atoms with Gasteiger partial charge in [-0.1, -0.05) is 11.8 Å². The predicted molar refractivity (Wildman–Crippen MR) is 122 cm³/mol. The Labute approximate surface area is 196 Å². The topological polar surface area (TPSA) is 113 Å². The summed E-state index contributed by atoms with van der Waals surface area (Å²) in [4.78, 5) is 53.8. The maximum Gasteiger partial charge on any atom is 0.410 e. The zero-order chi connectivity index (χ0) is 23.7. The van der Waals surface area contributed by atoms with Crippen LogP contribution in [0.1, 0.15) is 18.9 Å². The van der Waals surface area contributed by atoms with Crippen molar-refractivity contribution >= 4 is 34.6 Å². The van der Waals surface area contributed by atoms with Crippen molar-refractivity contribution in [3.63, 3.8) is 0 Å². The molecule has 11 heteroatoms. The summed E-state index contributed by atoms with van der Waals surface area (Å²) >= 11 is 1.15. The Balaban J connectivity index is 1.41. The second kappa shape index (κ2) is 9.68. The second-order valence-electron chi connectivity index (χ2n) is 9.10. The van der Waals surface area contributed by atoms with Crippen LogP contribution in [0, 0.1) is 22.0 Å². The molecule has 0 radical (unpaired) electrons. The summed E-state index contributed by atoms with van der Waals surface area (Å²) < 4.78 is 5.44. The van der Waals surface area contributed by atoms with Crippen molar-refractivity contribution in [3.8, 4) is 0 Å². The Morgan fingerprint density at radius 3 is 2.30 bits per heavy atom. The first-order valence-electron chi connectivity index (χ1n) is 11.0. The van der Waals surface area contributed by atoms with E-state index in [0.717, 1.165) is 24.9 Å². The predicted octanol–water partition coefficient (Wildman–Crippen LogP) is 1.97. The molecule has 3 aliphatic rings. The number of benzene rings is 1. The molecule has 1 aromatic carbocycles. The first-order chi connectivity index (χ1) is 15.7. The number of hydrogen-bond acceptors (Lipinski definition) is 8. The number of non-ortho nitro benzene ring substituents is 1. The van der Waals surface area contributed by atoms with Gasteiger partial charge in [0, 0.05) is 57.0 Å². The molecular formula is C22H28N4O6S. The molecule has 178 valence electrons. The van der Waals surface area contributed by atoms with Gasteiger partial charge in [0.15, 0.2) is 5.12 Å². The molecule has 3 heterocycles. The van der Waals surface area contributed by atoms with E-state index >= 15 is 0 Å². The molecule has 0 aromatic heterocycles. The third-order valence-electron chi connectivity index (χ3n) is 6.60. The molecule has 4 rings (SSSR count). The number of nitrogens with zero attached hydrogens (tertiary/aromatic N) is 4. The number of thioether (sulfide) groups is 1. The molecule has 2 unspecified atom stereocenters. The average molecular weight is 477 g/mol. The molecule has 4 atom stereocenters. The fourth-order valence-electron chi connectivity index (χ4n) is 5.11. The van der Waals surface area contributed by atoms with Gasteiger partial charge < -0.3 is 14.5 Å². The minimum atomic E-state index is -0.650. The molecule has 1 aromatic rings. The summed E-state index contributed by atoms with van der Waals surface area (Å²) in [5, 5.41) is 10.6. The molecule has 3 fully saturated rings. The molecule has 10 nitrogen and oxygen atoms in total. The van der Waals surface area contributed by atoms with Crippen molar-refractivity contribution in [1.82, 2.24) is 14.7 Å². The van der Waals surface area contributed by atoms with E-state index in [1.807, 2.05) is 4.90 Å². The normalized spacial score (nSPS) is 27.0. The van der Waals surface area contributed by atoms with Gasteiger partial charge in [-0.25, -0.2) is 4.79 Å². The first-order valence-corrected chi connectivity index (χ1v) is 11.9. The largest absolute Gasteiger partial charge is 0.445 e. The highest BCUT2D eigenvalue weighted by atomic mass is 32.2. The lowest BCUT2D eigenvalue weighted by atomic mass is 10.0. The number of amides is 2. The van der Waals surface area contributed by atoms with Crippen LogP contribution in [-0.4, -0.2) is 87.8 Å². The number of ether oxygens (including phenoxy) is 1. The maximum absolute atomic E-state index is 13.4. The smallest absolute Gasteiger partial charge is 0.410 e. The molecule has 0 spiro atoms. The molecule has 33 heavy (non-hydrogen) atoms. The van der Waals surface area contributed by atoms with Gasteiger partial charge >= 0.3 is 6.09 Å². The lowest BCUT2D eigenvalue weighted by molar-refractivity contribution is -0.384. The highest BCUT2D eigenvalue weighted by Crippen LogP contribution is 2.34. The quantitative estimate of drug-likeness (QED) is 0.468. The maximum atomic E-state index is 13.4. The van der Waals surface area contributed by atoms with Crippen molar-refractivity contribution in [2.45, 2.75) is 31.2 Å². The third kappa shape index (κ3) is 5.30. The number of nitro groups is 1. The van der Waals surface area contributed by atoms with Crippen molar-refractivity contribution in [3.05, 3.63) is 39.9 Å². The van der Waals surface area contributed by atoms with E-state index < -0.39 is 17.1 Å². The van der Waals surface area contributed by atoms with E-state index in [-0.39, 0.29) is 35.1 Å². The Morgan fingerprint density at radius 1 is 1.09 bits per heavy atom. The van der Waals surface area contributed by atoms with Crippen LogP contribution in [0.4, 0.5) is 10.5 Å². The fraction of sp³-hybridized carbons (Fsp3) is 0.591. The Morgan fingerprint density at radius 2 is 1.73 bits per heavy atom. The number of carbonyl (C=O) groups is 3. The van der Waals surface area contributed by atoms with Gasteiger partial charge in [-0.15, -0.1) is 0 Å². The van der Waals surface area contributed by atoms with Crippen LogP contribution in [-0.2, 0) is 20.9 Å². The summed E-state index contributed by atoms with van der Waals surface area (Å²) in [5.41, 5.74) is 0.572. The summed E-state index contributed by atoms with van der Waals surface area (Å²) in [7, 11) is 2.09. The zero-order valence-corrected chi connectivity index (χ0v) is 19.5. The van der Waals surface area contributed by atoms with Crippen LogP contribution in [0.5, 0.6) is 0 Å². The van der Waals surface area contributed by atoms with E-state index in [4.69, 9.17) is 4.74 Å². The lowest BCUT2D eigenvalue weighted by Gasteiger charge is -2.28. The number of rotatable bonds is 5. The summed E-state index contributed by atoms with van der Waals surface area (Å²) in [6, 6.07) is 5.13. The molecule has 3 saturated heterocycles. The van der Waals surface area contributed by atoms with E-state index in [1.54, 1.807) is 0 Å². The van der Waals surface area contributed by atoms with Gasteiger partial charge in [0.1, 0.15) is 12.6 Å². The molecule has 0 aliphatic carbocycles. The second-order valence-corrected chi connectivity index (χ2v) is 10.6. The Kier molecular flexibility index (Phi) is 6.89. The number of likely N-dealkylation sites (tertiary alicyclic amines) is 3. The summed E-state index contributed by atoms with van der Waals surface area (Å²) in [5.74, 6) is 0.849. The van der Waals surface area contributed by atoms with Gasteiger partial charge in [-0.05, 0) is 43.0 Å². The van der Waals surface area contributed by atoms with Crippen LogP contribution in [0.15, 0.2) is 24.3 Å². The average Bonchev–Trinajstić information content (AvgIpc) is 3.44. The van der Waals surface area contributed by atoms with Crippen molar-refractivity contribution in [1.29, 1.82) is 0 Å². The van der Waals surface area contributed by atoms with Gasteiger partial charge in [0.25, 0.3) is 5.69 Å². The number of hydrogen-bond donors (Lipinski definition) is 0. The summed E-state index contributed by atoms with van der Waals surface area (Å²) in [6.07, 6.45) is -0.195. The van der Waals surface area contributed by atoms with Crippen molar-refractivity contribution in [2.24, 2.45) is 11.8 Å². The fourth-order valence-corrected chi connectivity index (χ4v) is 6.10. The van der Waals surface area contributed by atoms with Crippen molar-refractivity contribution in [2.75, 3.05) is 39.8 Å². The Hall–Kier alpha value is -2.66. The number of nitro benzene ring substituents is 1. The first kappa shape index (κ1) is 23.5. The number of carbonyl (C=O) groups excluding carboxylic acids is 3. The Bertz CT molecular complexity index is 927. The van der Waals surface area contributed by atoms with Crippen LogP contribution in [0.25, 0.3) is 0 Å². The van der Waals surface area contributed by atoms with Gasteiger partial charge in [-0.3, -0.25) is 24.6 Å². The van der Waals surface area contributed by atoms with Gasteiger partial charge in [-0.2, -0.15) is 0 Å². The van der Waals surface area contributed by atoms with Crippen LogP contribution < -0.4 is 0 Å². The van der Waals surface area contributed by atoms with Crippen LogP contribution in [0.3, 0.4) is 0 Å². The van der Waals surface area contributed by atoms with E-state index in [2.05, 4.69) is 11.9 Å². The van der Waals surface area contributed by atoms with E-state index in [9.17, 15) is 24.5 Å². The molecule has 0 saturated carbocycles. The minimum Gasteiger partial charge on any atom is -0.445 e. The lowest BCUT2D eigenvalue weighted by Crippen LogP contribution is -2.47. The van der Waals surface area contributed by atoms with Crippen LogP contribution >= 0.6 is 11.8 Å². The molecule has 2 amide bonds. The zero-order valence-electron chi connectivity index (χ0n) is 18.7. The van der Waals surface area contributed by atoms with E-state index in [0.29, 0.717) is 36.9 Å². The minimum absolute atomic E-state index is 0.0408. The molecular weight excluding hydrogens is 448 g/mol. The highest BCUT2D eigenvalue weighted by Gasteiger charge is 2.47. The van der Waals surface area contributed by atoms with Gasteiger partial charge in [0.05, 0.1) is 4.92 Å². The SMILES string of the molecule is CC(=O)S[C@H]1C[C@@H](C(=O)N2CC3CN(C)CC3C2)N(C(=O)OCc2ccc([N+](=O)[O-])cc2)C1. The molecule has 3 aliphatic heterocycles. The van der Waals surface area contributed by atoms with Crippen molar-refractivity contribution < 1.29 is 24.0 Å². The molecule has 0 bridgehead atoms. The standard InChI is InChI=1S/C22H28N4O6S/c1-14(27)33-19-7-20(21(28)24-10-16-8-23(2)9-17(16)11-24)25(12-19)22(29)32-13-15-3-5-18(6-4-15)26(30)31/h3-6,16-17,19-20H,7-13H2,1-2H3/t16?,17?,19-,20-/m0/s1. The third-order valence-corrected chi connectivity index (χ3v) is 7.61. The summed E-state index contributed by atoms with van der Waals surface area (Å²) in [6.45, 7) is 5.03. The number of fused-ring (bicyclic) bond motifs is 1. The highest BCUT2D eigenvalue weighted by molar-refractivity contribution is 8.14. The monoisotopic (exact) mass is 476 g/mol. The van der Waals surface area contributed by atoms with Gasteiger partial charge in [0.2, 0.25) is 5.91 Å². The van der Waals surface area contributed by atoms with Crippen LogP contribution in [0.2, 0.25) is 0 Å². The van der Waals surface area contributed by atoms with E-state index in [1.165, 1.54) is 36.1 Å².